The molecule has 1 fully saturated rings. The molecule has 15 heavy (non-hydrogen) atoms. The van der Waals surface area contributed by atoms with Gasteiger partial charge in [0.2, 0.25) is 0 Å². The molecule has 1 heterocycles. The Hall–Kier alpha value is -0.870. The highest BCUT2D eigenvalue weighted by Gasteiger charge is 2.44. The summed E-state index contributed by atoms with van der Waals surface area (Å²) in [4.78, 5) is 0. The fourth-order valence-electron chi connectivity index (χ4n) is 2.42. The van der Waals surface area contributed by atoms with Gasteiger partial charge in [0.15, 0.2) is 0 Å². The van der Waals surface area contributed by atoms with Crippen molar-refractivity contribution >= 4 is 0 Å². The zero-order valence-electron chi connectivity index (χ0n) is 9.40. The van der Waals surface area contributed by atoms with Crippen LogP contribution in [0.4, 0.5) is 0 Å². The third-order valence-corrected chi connectivity index (χ3v) is 3.65. The second-order valence-corrected chi connectivity index (χ2v) is 4.66. The molecule has 1 aliphatic rings. The molecule has 0 saturated heterocycles. The average molecular weight is 209 g/mol. The van der Waals surface area contributed by atoms with Gasteiger partial charge < -0.3 is 10.8 Å². The first-order valence-electron chi connectivity index (χ1n) is 5.48. The van der Waals surface area contributed by atoms with Crippen LogP contribution in [0.5, 0.6) is 0 Å². The average Bonchev–Trinajstić information content (AvgIpc) is 2.44. The minimum Gasteiger partial charge on any atom is -0.386 e. The molecular formula is C11H19N3O. The largest absolute Gasteiger partial charge is 0.386 e. The van der Waals surface area contributed by atoms with Crippen LogP contribution in [0, 0.1) is 12.3 Å². The van der Waals surface area contributed by atoms with Gasteiger partial charge in [0.25, 0.3) is 0 Å². The van der Waals surface area contributed by atoms with E-state index >= 15 is 0 Å². The molecule has 1 aromatic heterocycles. The highest BCUT2D eigenvalue weighted by molar-refractivity contribution is 5.16. The lowest BCUT2D eigenvalue weighted by Gasteiger charge is -2.44. The van der Waals surface area contributed by atoms with E-state index in [2.05, 4.69) is 5.10 Å². The van der Waals surface area contributed by atoms with Crippen LogP contribution in [0.1, 0.15) is 36.8 Å². The van der Waals surface area contributed by atoms with Crippen molar-refractivity contribution in [1.29, 1.82) is 0 Å². The van der Waals surface area contributed by atoms with Crippen molar-refractivity contribution in [3.05, 3.63) is 17.5 Å². The van der Waals surface area contributed by atoms with E-state index in [1.807, 2.05) is 20.0 Å². The summed E-state index contributed by atoms with van der Waals surface area (Å²) >= 11 is 0. The Morgan fingerprint density at radius 1 is 1.67 bits per heavy atom. The van der Waals surface area contributed by atoms with Gasteiger partial charge in [-0.05, 0) is 25.8 Å². The molecule has 1 atom stereocenters. The molecule has 0 spiro atoms. The smallest absolute Gasteiger partial charge is 0.102 e. The molecule has 0 bridgehead atoms. The fraction of sp³-hybridized carbons (Fsp3) is 0.727. The Morgan fingerprint density at radius 2 is 2.33 bits per heavy atom. The summed E-state index contributed by atoms with van der Waals surface area (Å²) in [6.07, 6.45) is 2.75. The Bertz CT molecular complexity index is 349. The molecule has 84 valence electrons. The molecule has 1 saturated carbocycles. The molecule has 0 unspecified atom stereocenters. The monoisotopic (exact) mass is 209 g/mol. The number of hydrogen-bond acceptors (Lipinski definition) is 3. The topological polar surface area (TPSA) is 64.1 Å². The zero-order chi connectivity index (χ0) is 11.1. The minimum atomic E-state index is -0.470. The van der Waals surface area contributed by atoms with E-state index in [4.69, 9.17) is 5.73 Å². The standard InChI is InChI=1S/C11H19N3O/c1-8-6-9(14(2)13-8)10(15)11(7-12)4-3-5-11/h6,10,15H,3-5,7,12H2,1-2H3/t10-/m1/s1. The molecule has 4 heteroatoms. The van der Waals surface area contributed by atoms with E-state index in [1.165, 1.54) is 6.42 Å². The van der Waals surface area contributed by atoms with Gasteiger partial charge in [-0.3, -0.25) is 4.68 Å². The number of rotatable bonds is 3. The maximum absolute atomic E-state index is 10.3. The molecule has 0 amide bonds. The molecule has 0 radical (unpaired) electrons. The second kappa shape index (κ2) is 3.61. The number of hydrogen-bond donors (Lipinski definition) is 2. The Balaban J connectivity index is 2.26. The Morgan fingerprint density at radius 3 is 2.67 bits per heavy atom. The quantitative estimate of drug-likeness (QED) is 0.777. The van der Waals surface area contributed by atoms with E-state index in [0.717, 1.165) is 24.2 Å². The normalized spacial score (nSPS) is 21.1. The molecule has 1 aliphatic carbocycles. The SMILES string of the molecule is Cc1cc([C@@H](O)C2(CN)CCC2)n(C)n1. The molecule has 1 aromatic rings. The van der Waals surface area contributed by atoms with Crippen LogP contribution < -0.4 is 5.73 Å². The van der Waals surface area contributed by atoms with Crippen molar-refractivity contribution in [3.8, 4) is 0 Å². The van der Waals surface area contributed by atoms with Crippen molar-refractivity contribution in [2.75, 3.05) is 6.54 Å². The Labute approximate surface area is 90.1 Å². The number of aryl methyl sites for hydroxylation is 2. The van der Waals surface area contributed by atoms with Gasteiger partial charge in [0.05, 0.1) is 11.4 Å². The predicted molar refractivity (Wildman–Crippen MR) is 58.2 cm³/mol. The van der Waals surface area contributed by atoms with Crippen LogP contribution in [0.3, 0.4) is 0 Å². The van der Waals surface area contributed by atoms with Crippen LogP contribution in [-0.4, -0.2) is 21.4 Å². The van der Waals surface area contributed by atoms with Crippen molar-refractivity contribution in [1.82, 2.24) is 9.78 Å². The van der Waals surface area contributed by atoms with Gasteiger partial charge in [0, 0.05) is 19.0 Å². The number of nitrogens with zero attached hydrogens (tertiary/aromatic N) is 2. The summed E-state index contributed by atoms with van der Waals surface area (Å²) in [7, 11) is 1.87. The highest BCUT2D eigenvalue weighted by Crippen LogP contribution is 2.49. The molecule has 2 rings (SSSR count). The van der Waals surface area contributed by atoms with E-state index < -0.39 is 6.10 Å². The van der Waals surface area contributed by atoms with Gasteiger partial charge >= 0.3 is 0 Å². The summed E-state index contributed by atoms with van der Waals surface area (Å²) in [6.45, 7) is 2.49. The molecule has 0 aromatic carbocycles. The van der Waals surface area contributed by atoms with Crippen molar-refractivity contribution in [2.45, 2.75) is 32.3 Å². The maximum atomic E-state index is 10.3. The van der Waals surface area contributed by atoms with Gasteiger partial charge in [-0.15, -0.1) is 0 Å². The lowest BCUT2D eigenvalue weighted by atomic mass is 9.64. The van der Waals surface area contributed by atoms with Gasteiger partial charge in [0.1, 0.15) is 6.10 Å². The van der Waals surface area contributed by atoms with Crippen molar-refractivity contribution in [2.24, 2.45) is 18.2 Å². The van der Waals surface area contributed by atoms with Crippen LogP contribution in [0.25, 0.3) is 0 Å². The van der Waals surface area contributed by atoms with Crippen LogP contribution in [0.15, 0.2) is 6.07 Å². The third-order valence-electron chi connectivity index (χ3n) is 3.65. The van der Waals surface area contributed by atoms with E-state index in [1.54, 1.807) is 4.68 Å². The van der Waals surface area contributed by atoms with Gasteiger partial charge in [-0.2, -0.15) is 5.10 Å². The van der Waals surface area contributed by atoms with Gasteiger partial charge in [-0.25, -0.2) is 0 Å². The first kappa shape index (κ1) is 10.6. The zero-order valence-corrected chi connectivity index (χ0v) is 9.40. The van der Waals surface area contributed by atoms with Crippen LogP contribution in [-0.2, 0) is 7.05 Å². The van der Waals surface area contributed by atoms with E-state index in [0.29, 0.717) is 6.54 Å². The summed E-state index contributed by atoms with van der Waals surface area (Å²) < 4.78 is 1.76. The molecule has 4 nitrogen and oxygen atoms in total. The first-order valence-corrected chi connectivity index (χ1v) is 5.48. The third kappa shape index (κ3) is 1.58. The summed E-state index contributed by atoms with van der Waals surface area (Å²) in [5.74, 6) is 0. The molecule has 3 N–H and O–H groups in total. The summed E-state index contributed by atoms with van der Waals surface area (Å²) in [6, 6.07) is 1.94. The van der Waals surface area contributed by atoms with Crippen molar-refractivity contribution in [3.63, 3.8) is 0 Å². The molecular weight excluding hydrogens is 190 g/mol. The number of aliphatic hydroxyl groups is 1. The molecule has 0 aliphatic heterocycles. The summed E-state index contributed by atoms with van der Waals surface area (Å²) in [5.41, 5.74) is 7.51. The van der Waals surface area contributed by atoms with Crippen molar-refractivity contribution < 1.29 is 5.11 Å². The lowest BCUT2D eigenvalue weighted by Crippen LogP contribution is -2.43. The van der Waals surface area contributed by atoms with Gasteiger partial charge in [-0.1, -0.05) is 6.42 Å². The van der Waals surface area contributed by atoms with Crippen LogP contribution in [0.2, 0.25) is 0 Å². The highest BCUT2D eigenvalue weighted by atomic mass is 16.3. The first-order chi connectivity index (χ1) is 7.09. The fourth-order valence-corrected chi connectivity index (χ4v) is 2.42. The number of aromatic nitrogens is 2. The minimum absolute atomic E-state index is 0.0970. The second-order valence-electron chi connectivity index (χ2n) is 4.66. The Kier molecular flexibility index (Phi) is 2.56. The van der Waals surface area contributed by atoms with E-state index in [9.17, 15) is 5.11 Å². The maximum Gasteiger partial charge on any atom is 0.102 e. The lowest BCUT2D eigenvalue weighted by molar-refractivity contribution is -0.0342. The summed E-state index contributed by atoms with van der Waals surface area (Å²) in [5, 5.41) is 14.6. The van der Waals surface area contributed by atoms with Crippen LogP contribution >= 0.6 is 0 Å². The predicted octanol–water partition coefficient (Wildman–Crippen LogP) is 0.891. The number of aliphatic hydroxyl groups excluding tert-OH is 1. The van der Waals surface area contributed by atoms with E-state index in [-0.39, 0.29) is 5.41 Å². The number of nitrogens with two attached hydrogens (primary N) is 1.